The molecule has 5 aromatic rings. The van der Waals surface area contributed by atoms with Gasteiger partial charge >= 0.3 is 6.09 Å². The van der Waals surface area contributed by atoms with E-state index in [4.69, 9.17) is 13.9 Å². The maximum Gasteiger partial charge on any atom is 0.409 e. The lowest BCUT2D eigenvalue weighted by Gasteiger charge is -2.38. The summed E-state index contributed by atoms with van der Waals surface area (Å²) in [5, 5.41) is 0. The summed E-state index contributed by atoms with van der Waals surface area (Å²) in [5.41, 5.74) is 6.76. The van der Waals surface area contributed by atoms with E-state index >= 15 is 0 Å². The van der Waals surface area contributed by atoms with Gasteiger partial charge in [-0.3, -0.25) is 4.79 Å². The van der Waals surface area contributed by atoms with Gasteiger partial charge in [0.25, 0.3) is 5.91 Å². The molecule has 0 radical (unpaired) electrons. The predicted octanol–water partition coefficient (Wildman–Crippen LogP) is 6.55. The molecule has 1 fully saturated rings. The third kappa shape index (κ3) is 6.19. The summed E-state index contributed by atoms with van der Waals surface area (Å²) < 4.78 is 17.6. The zero-order chi connectivity index (χ0) is 33.0. The van der Waals surface area contributed by atoms with Crippen LogP contribution in [-0.2, 0) is 16.0 Å². The number of ether oxygens (including phenoxy) is 2. The highest BCUT2D eigenvalue weighted by atomic mass is 16.6. The maximum atomic E-state index is 13.4. The maximum absolute atomic E-state index is 13.4. The number of amides is 2. The molecule has 1 aromatic heterocycles. The first-order valence-electron chi connectivity index (χ1n) is 16.1. The number of rotatable bonds is 9. The van der Waals surface area contributed by atoms with Gasteiger partial charge in [0.05, 0.1) is 18.8 Å². The van der Waals surface area contributed by atoms with Gasteiger partial charge in [-0.1, -0.05) is 66.7 Å². The number of hydrogen-bond acceptors (Lipinski definition) is 7. The van der Waals surface area contributed by atoms with Crippen LogP contribution >= 0.6 is 0 Å². The quantitative estimate of drug-likeness (QED) is 0.168. The van der Waals surface area contributed by atoms with Gasteiger partial charge in [0.15, 0.2) is 0 Å². The largest absolute Gasteiger partial charge is 0.493 e. The molecule has 9 heteroatoms. The van der Waals surface area contributed by atoms with E-state index in [9.17, 15) is 14.4 Å². The number of nitrogens with zero attached hydrogens (tertiary/aromatic N) is 3. The number of fused-ring (bicyclic) bond motifs is 3. The minimum Gasteiger partial charge on any atom is -0.493 e. The molecule has 9 nitrogen and oxygen atoms in total. The number of piperazine rings is 1. The minimum atomic E-state index is -0.783. The van der Waals surface area contributed by atoms with Crippen LogP contribution in [-0.4, -0.2) is 72.0 Å². The van der Waals surface area contributed by atoms with Crippen LogP contribution in [0.2, 0.25) is 0 Å². The summed E-state index contributed by atoms with van der Waals surface area (Å²) in [4.78, 5) is 46.3. The molecule has 0 saturated carbocycles. The normalized spacial score (nSPS) is 15.5. The number of oxazole rings is 1. The van der Waals surface area contributed by atoms with Crippen LogP contribution in [0.15, 0.2) is 108 Å². The van der Waals surface area contributed by atoms with Crippen LogP contribution in [0.5, 0.6) is 5.75 Å². The van der Waals surface area contributed by atoms with Gasteiger partial charge in [-0.05, 0) is 65.6 Å². The van der Waals surface area contributed by atoms with Gasteiger partial charge < -0.3 is 28.5 Å². The van der Waals surface area contributed by atoms with E-state index in [1.165, 1.54) is 9.80 Å². The average Bonchev–Trinajstić information content (AvgIpc) is 3.67. The number of benzene rings is 4. The fourth-order valence-electron chi connectivity index (χ4n) is 6.52. The molecule has 0 bridgehead atoms. The van der Waals surface area contributed by atoms with Crippen molar-refractivity contribution in [1.29, 1.82) is 0 Å². The summed E-state index contributed by atoms with van der Waals surface area (Å²) >= 11 is 0. The number of aromatic nitrogens is 1. The molecule has 242 valence electrons. The molecule has 0 N–H and O–H groups in total. The topological polar surface area (TPSA) is 102 Å². The van der Waals surface area contributed by atoms with Crippen LogP contribution < -0.4 is 4.74 Å². The molecular formula is C39H35N3O6. The van der Waals surface area contributed by atoms with Gasteiger partial charge in [-0.2, -0.15) is 0 Å². The third-order valence-electron chi connectivity index (χ3n) is 9.05. The lowest BCUT2D eigenvalue weighted by Crippen LogP contribution is -2.57. The van der Waals surface area contributed by atoms with E-state index < -0.39 is 12.1 Å². The standard InChI is InChI=1S/C39H35N3O6/c1-26-36(40-37(48-26)27-9-3-2-4-10-27)19-22-46-30-17-15-28(16-18-30)38(44)42-21-20-41(23-29(42)24-43)39(45)47-25-35-33-13-7-5-11-31(33)32-12-6-8-14-34(32)35/h2-18,24,29,35H,19-23,25H2,1H3. The van der Waals surface area contributed by atoms with Crippen molar-refractivity contribution in [1.82, 2.24) is 14.8 Å². The van der Waals surface area contributed by atoms with Crippen molar-refractivity contribution in [2.45, 2.75) is 25.3 Å². The fourth-order valence-corrected chi connectivity index (χ4v) is 6.52. The molecule has 1 aliphatic carbocycles. The third-order valence-corrected chi connectivity index (χ3v) is 9.05. The Bertz CT molecular complexity index is 1890. The molecule has 48 heavy (non-hydrogen) atoms. The van der Waals surface area contributed by atoms with Gasteiger partial charge in [-0.25, -0.2) is 9.78 Å². The van der Waals surface area contributed by atoms with E-state index in [1.54, 1.807) is 24.3 Å². The lowest BCUT2D eigenvalue weighted by molar-refractivity contribution is -0.113. The van der Waals surface area contributed by atoms with Gasteiger partial charge in [-0.15, -0.1) is 0 Å². The van der Waals surface area contributed by atoms with E-state index in [0.29, 0.717) is 36.5 Å². The predicted molar refractivity (Wildman–Crippen MR) is 180 cm³/mol. The number of carbonyl (C=O) groups excluding carboxylic acids is 3. The van der Waals surface area contributed by atoms with E-state index in [0.717, 1.165) is 39.3 Å². The highest BCUT2D eigenvalue weighted by molar-refractivity contribution is 5.96. The Morgan fingerprint density at radius 3 is 2.23 bits per heavy atom. The summed E-state index contributed by atoms with van der Waals surface area (Å²) in [7, 11) is 0. The molecule has 1 atom stereocenters. The first-order chi connectivity index (χ1) is 23.5. The number of carbonyl (C=O) groups is 3. The summed E-state index contributed by atoms with van der Waals surface area (Å²) in [5.74, 6) is 1.61. The first kappa shape index (κ1) is 30.9. The fraction of sp³-hybridized carbons (Fsp3) is 0.231. The highest BCUT2D eigenvalue weighted by Gasteiger charge is 2.35. The van der Waals surface area contributed by atoms with Crippen molar-refractivity contribution in [3.63, 3.8) is 0 Å². The van der Waals surface area contributed by atoms with Crippen molar-refractivity contribution >= 4 is 18.3 Å². The highest BCUT2D eigenvalue weighted by Crippen LogP contribution is 2.44. The molecule has 1 saturated heterocycles. The Morgan fingerprint density at radius 2 is 1.54 bits per heavy atom. The summed E-state index contributed by atoms with van der Waals surface area (Å²) in [6, 6.07) is 32.1. The number of aryl methyl sites for hydroxylation is 1. The van der Waals surface area contributed by atoms with Crippen LogP contribution in [0.4, 0.5) is 4.79 Å². The van der Waals surface area contributed by atoms with E-state index in [1.807, 2.05) is 61.5 Å². The van der Waals surface area contributed by atoms with Crippen LogP contribution in [0, 0.1) is 6.92 Å². The minimum absolute atomic E-state index is 0.0584. The van der Waals surface area contributed by atoms with Gasteiger partial charge in [0.1, 0.15) is 30.4 Å². The molecule has 0 spiro atoms. The van der Waals surface area contributed by atoms with Crippen molar-refractivity contribution in [2.75, 3.05) is 32.8 Å². The van der Waals surface area contributed by atoms with Gasteiger partial charge in [0.2, 0.25) is 5.89 Å². The summed E-state index contributed by atoms with van der Waals surface area (Å²) in [6.07, 6.45) is 0.792. The molecule has 7 rings (SSSR count). The molecule has 1 unspecified atom stereocenters. The smallest absolute Gasteiger partial charge is 0.409 e. The zero-order valence-electron chi connectivity index (χ0n) is 26.6. The molecule has 4 aromatic carbocycles. The Hall–Kier alpha value is -5.70. The molecule has 2 aliphatic rings. The SMILES string of the molecule is Cc1oc(-c2ccccc2)nc1CCOc1ccc(C(=O)N2CCN(C(=O)OCC3c4ccccc4-c4ccccc43)CC2C=O)cc1. The average molecular weight is 642 g/mol. The summed E-state index contributed by atoms with van der Waals surface area (Å²) in [6.45, 7) is 3.02. The molecule has 2 heterocycles. The second-order valence-electron chi connectivity index (χ2n) is 12.0. The van der Waals surface area contributed by atoms with E-state index in [-0.39, 0.29) is 38.1 Å². The van der Waals surface area contributed by atoms with Crippen LogP contribution in [0.25, 0.3) is 22.6 Å². The van der Waals surface area contributed by atoms with Crippen molar-refractivity contribution in [3.8, 4) is 28.3 Å². The van der Waals surface area contributed by atoms with Crippen molar-refractivity contribution in [3.05, 3.63) is 131 Å². The molecular weight excluding hydrogens is 606 g/mol. The zero-order valence-corrected chi connectivity index (χ0v) is 26.6. The van der Waals surface area contributed by atoms with Gasteiger partial charge in [0, 0.05) is 36.6 Å². The Balaban J connectivity index is 0.916. The van der Waals surface area contributed by atoms with Crippen molar-refractivity contribution in [2.24, 2.45) is 0 Å². The van der Waals surface area contributed by atoms with Crippen LogP contribution in [0.1, 0.15) is 38.9 Å². The first-order valence-corrected chi connectivity index (χ1v) is 16.1. The van der Waals surface area contributed by atoms with Crippen molar-refractivity contribution < 1.29 is 28.3 Å². The molecule has 1 aliphatic heterocycles. The Morgan fingerprint density at radius 1 is 0.875 bits per heavy atom. The Kier molecular flexibility index (Phi) is 8.74. The van der Waals surface area contributed by atoms with E-state index in [2.05, 4.69) is 29.2 Å². The Labute approximate surface area is 278 Å². The second kappa shape index (κ2) is 13.6. The monoisotopic (exact) mass is 641 g/mol. The number of hydrogen-bond donors (Lipinski definition) is 0. The van der Waals surface area contributed by atoms with Crippen LogP contribution in [0.3, 0.4) is 0 Å². The lowest BCUT2D eigenvalue weighted by atomic mass is 9.98. The molecule has 2 amide bonds. The second-order valence-corrected chi connectivity index (χ2v) is 12.0. The number of aldehydes is 1.